The van der Waals surface area contributed by atoms with Crippen molar-refractivity contribution in [2.45, 2.75) is 29.7 Å². The fraction of sp³-hybridized carbons (Fsp3) is 0.417. The normalized spacial score (nSPS) is 18.4. The van der Waals surface area contributed by atoms with E-state index in [9.17, 15) is 13.5 Å². The van der Waals surface area contributed by atoms with Crippen LogP contribution in [0.25, 0.3) is 11.0 Å². The molecule has 19 heavy (non-hydrogen) atoms. The molecule has 3 N–H and O–H groups in total. The van der Waals surface area contributed by atoms with E-state index in [4.69, 9.17) is 0 Å². The van der Waals surface area contributed by atoms with Gasteiger partial charge in [-0.15, -0.1) is 0 Å². The molecule has 0 spiro atoms. The van der Waals surface area contributed by atoms with Crippen LogP contribution < -0.4 is 4.72 Å². The first-order valence-corrected chi connectivity index (χ1v) is 7.62. The Balaban J connectivity index is 2.00. The van der Waals surface area contributed by atoms with Gasteiger partial charge in [0, 0.05) is 17.8 Å². The molecule has 0 atom stereocenters. The van der Waals surface area contributed by atoms with Crippen LogP contribution in [0.5, 0.6) is 0 Å². The maximum Gasteiger partial charge on any atom is 0.243 e. The zero-order chi connectivity index (χ0) is 13.5. The summed E-state index contributed by atoms with van der Waals surface area (Å²) in [4.78, 5) is 7.09. The number of hydrogen-bond acceptors (Lipinski definition) is 4. The van der Waals surface area contributed by atoms with Crippen LogP contribution in [0.4, 0.5) is 0 Å². The summed E-state index contributed by atoms with van der Waals surface area (Å²) < 4.78 is 27.4. The van der Waals surface area contributed by atoms with E-state index in [-0.39, 0.29) is 11.5 Å². The van der Waals surface area contributed by atoms with Crippen molar-refractivity contribution < 1.29 is 13.5 Å². The lowest BCUT2D eigenvalue weighted by Crippen LogP contribution is -2.55. The van der Waals surface area contributed by atoms with E-state index in [1.54, 1.807) is 18.3 Å². The minimum absolute atomic E-state index is 0.174. The highest BCUT2D eigenvalue weighted by Crippen LogP contribution is 2.33. The monoisotopic (exact) mass is 281 g/mol. The number of aliphatic hydroxyl groups excluding tert-OH is 1. The van der Waals surface area contributed by atoms with Gasteiger partial charge in [-0.3, -0.25) is 0 Å². The van der Waals surface area contributed by atoms with Crippen LogP contribution in [0.1, 0.15) is 19.3 Å². The highest BCUT2D eigenvalue weighted by molar-refractivity contribution is 7.89. The minimum Gasteiger partial charge on any atom is -0.394 e. The number of hydrogen-bond donors (Lipinski definition) is 3. The lowest BCUT2D eigenvalue weighted by atomic mass is 9.78. The smallest absolute Gasteiger partial charge is 0.243 e. The van der Waals surface area contributed by atoms with Gasteiger partial charge in [0.05, 0.1) is 12.1 Å². The first kappa shape index (κ1) is 12.6. The van der Waals surface area contributed by atoms with Gasteiger partial charge in [0.1, 0.15) is 10.5 Å². The molecule has 6 nitrogen and oxygen atoms in total. The van der Waals surface area contributed by atoms with Crippen LogP contribution in [0.3, 0.4) is 0 Å². The van der Waals surface area contributed by atoms with Gasteiger partial charge < -0.3 is 10.1 Å². The molecule has 1 aliphatic rings. The van der Waals surface area contributed by atoms with E-state index < -0.39 is 15.6 Å². The van der Waals surface area contributed by atoms with Gasteiger partial charge in [0.2, 0.25) is 10.0 Å². The lowest BCUT2D eigenvalue weighted by molar-refractivity contribution is 0.111. The van der Waals surface area contributed by atoms with Crippen molar-refractivity contribution in [2.24, 2.45) is 0 Å². The highest BCUT2D eigenvalue weighted by atomic mass is 32.2. The Morgan fingerprint density at radius 3 is 2.89 bits per heavy atom. The summed E-state index contributed by atoms with van der Waals surface area (Å²) in [5.74, 6) is 0. The topological polar surface area (TPSA) is 95.1 Å². The predicted molar refractivity (Wildman–Crippen MR) is 70.1 cm³/mol. The number of aromatic amines is 1. The molecule has 2 heterocycles. The number of nitrogens with zero attached hydrogens (tertiary/aromatic N) is 1. The van der Waals surface area contributed by atoms with E-state index in [2.05, 4.69) is 14.7 Å². The van der Waals surface area contributed by atoms with E-state index >= 15 is 0 Å². The Bertz CT molecular complexity index is 698. The van der Waals surface area contributed by atoms with E-state index in [0.717, 1.165) is 6.42 Å². The summed E-state index contributed by atoms with van der Waals surface area (Å²) in [6.45, 7) is -0.174. The van der Waals surface area contributed by atoms with Crippen LogP contribution in [-0.4, -0.2) is 35.6 Å². The summed E-state index contributed by atoms with van der Waals surface area (Å²) in [7, 11) is -3.66. The van der Waals surface area contributed by atoms with Crippen molar-refractivity contribution in [3.05, 3.63) is 24.5 Å². The Morgan fingerprint density at radius 1 is 1.47 bits per heavy atom. The fourth-order valence-electron chi connectivity index (χ4n) is 2.39. The van der Waals surface area contributed by atoms with Crippen LogP contribution in [-0.2, 0) is 10.0 Å². The Morgan fingerprint density at radius 2 is 2.26 bits per heavy atom. The molecule has 102 valence electrons. The summed E-state index contributed by atoms with van der Waals surface area (Å²) in [5.41, 5.74) is -0.153. The fourth-order valence-corrected chi connectivity index (χ4v) is 4.01. The Kier molecular flexibility index (Phi) is 2.84. The van der Waals surface area contributed by atoms with E-state index in [1.165, 1.54) is 6.20 Å². The van der Waals surface area contributed by atoms with Gasteiger partial charge in [0.25, 0.3) is 0 Å². The summed E-state index contributed by atoms with van der Waals surface area (Å²) in [6, 6.07) is 3.40. The molecular formula is C12H15N3O3S. The Hall–Kier alpha value is -1.44. The molecule has 2 aromatic heterocycles. The van der Waals surface area contributed by atoms with Gasteiger partial charge in [-0.25, -0.2) is 18.1 Å². The maximum atomic E-state index is 12.4. The first-order valence-electron chi connectivity index (χ1n) is 6.13. The van der Waals surface area contributed by atoms with Crippen LogP contribution in [0, 0.1) is 0 Å². The molecule has 3 rings (SSSR count). The number of aromatic nitrogens is 2. The third-order valence-corrected chi connectivity index (χ3v) is 5.29. The largest absolute Gasteiger partial charge is 0.394 e. The molecule has 0 saturated heterocycles. The Labute approximate surface area is 110 Å². The molecule has 2 aromatic rings. The number of H-pyrrole nitrogens is 1. The quantitative estimate of drug-likeness (QED) is 0.771. The number of sulfonamides is 1. The average molecular weight is 281 g/mol. The first-order chi connectivity index (χ1) is 9.06. The molecular weight excluding hydrogens is 266 g/mol. The molecule has 7 heteroatoms. The molecule has 0 aromatic carbocycles. The summed E-state index contributed by atoms with van der Waals surface area (Å²) >= 11 is 0. The number of rotatable bonds is 4. The van der Waals surface area contributed by atoms with Gasteiger partial charge in [0.15, 0.2) is 0 Å². The average Bonchev–Trinajstić information content (AvgIpc) is 2.78. The molecule has 0 aliphatic heterocycles. The van der Waals surface area contributed by atoms with Crippen molar-refractivity contribution >= 4 is 21.1 Å². The predicted octanol–water partition coefficient (Wildman–Crippen LogP) is 0.756. The van der Waals surface area contributed by atoms with Crippen molar-refractivity contribution in [2.75, 3.05) is 6.61 Å². The highest BCUT2D eigenvalue weighted by Gasteiger charge is 2.40. The minimum atomic E-state index is -3.66. The summed E-state index contributed by atoms with van der Waals surface area (Å²) in [6.07, 6.45) is 5.30. The summed E-state index contributed by atoms with van der Waals surface area (Å²) in [5, 5.41) is 9.92. The molecule has 0 radical (unpaired) electrons. The van der Waals surface area contributed by atoms with Gasteiger partial charge >= 0.3 is 0 Å². The number of aliphatic hydroxyl groups is 1. The zero-order valence-electron chi connectivity index (χ0n) is 10.3. The van der Waals surface area contributed by atoms with Crippen molar-refractivity contribution in [1.82, 2.24) is 14.7 Å². The van der Waals surface area contributed by atoms with Crippen LogP contribution in [0.2, 0.25) is 0 Å². The van der Waals surface area contributed by atoms with Crippen molar-refractivity contribution in [3.8, 4) is 0 Å². The SMILES string of the molecule is O=S(=O)(NC1(CO)CCC1)c1c[nH]c2ncccc12. The van der Waals surface area contributed by atoms with Crippen molar-refractivity contribution in [3.63, 3.8) is 0 Å². The van der Waals surface area contributed by atoms with E-state index in [0.29, 0.717) is 23.9 Å². The molecule has 0 amide bonds. The number of nitrogens with one attached hydrogen (secondary N) is 2. The van der Waals surface area contributed by atoms with Gasteiger partial charge in [-0.1, -0.05) is 0 Å². The second kappa shape index (κ2) is 4.29. The number of pyridine rings is 1. The van der Waals surface area contributed by atoms with E-state index in [1.807, 2.05) is 0 Å². The molecule has 1 saturated carbocycles. The number of fused-ring (bicyclic) bond motifs is 1. The third-order valence-electron chi connectivity index (χ3n) is 3.67. The van der Waals surface area contributed by atoms with Crippen LogP contribution >= 0.6 is 0 Å². The molecule has 1 aliphatic carbocycles. The maximum absolute atomic E-state index is 12.4. The molecule has 0 bridgehead atoms. The second-order valence-corrected chi connectivity index (χ2v) is 6.60. The zero-order valence-corrected chi connectivity index (χ0v) is 11.1. The standard InChI is InChI=1S/C12H15N3O3S/c16-8-12(4-2-5-12)15-19(17,18)10-7-14-11-9(10)3-1-6-13-11/h1,3,6-7,15-16H,2,4-5,8H2,(H,13,14). The molecule has 0 unspecified atom stereocenters. The van der Waals surface area contributed by atoms with Gasteiger partial charge in [-0.2, -0.15) is 0 Å². The van der Waals surface area contributed by atoms with Crippen molar-refractivity contribution in [1.29, 1.82) is 0 Å². The lowest BCUT2D eigenvalue weighted by Gasteiger charge is -2.40. The molecule has 1 fully saturated rings. The third kappa shape index (κ3) is 2.03. The second-order valence-electron chi connectivity index (χ2n) is 4.95. The van der Waals surface area contributed by atoms with Crippen LogP contribution in [0.15, 0.2) is 29.4 Å². The van der Waals surface area contributed by atoms with Gasteiger partial charge in [-0.05, 0) is 31.4 Å².